The van der Waals surface area contributed by atoms with Crippen molar-refractivity contribution >= 4 is 96.3 Å². The predicted molar refractivity (Wildman–Crippen MR) is 302 cm³/mol. The Bertz CT molecular complexity index is 3690. The van der Waals surface area contributed by atoms with Gasteiger partial charge in [0, 0.05) is 50.7 Å². The van der Waals surface area contributed by atoms with Gasteiger partial charge >= 0.3 is 0 Å². The molecule has 11 aromatic rings. The molecular weight excluding hydrogens is 929 g/mol. The van der Waals surface area contributed by atoms with E-state index in [0.29, 0.717) is 11.6 Å². The first-order chi connectivity index (χ1) is 36.7. The molecule has 0 amide bonds. The molecule has 0 saturated heterocycles. The van der Waals surface area contributed by atoms with E-state index in [-0.39, 0.29) is 0 Å². The highest BCUT2D eigenvalue weighted by Gasteiger charge is 2.45. The summed E-state index contributed by atoms with van der Waals surface area (Å²) in [5, 5.41) is 0. The van der Waals surface area contributed by atoms with Crippen molar-refractivity contribution in [3.8, 4) is 23.1 Å². The quantitative estimate of drug-likeness (QED) is 0.151. The van der Waals surface area contributed by atoms with Crippen molar-refractivity contribution in [3.05, 3.63) is 261 Å². The molecule has 74 heavy (non-hydrogen) atoms. The first-order valence-electron chi connectivity index (χ1n) is 24.8. The molecule has 5 heterocycles. The fourth-order valence-corrected chi connectivity index (χ4v) is 13.9. The highest BCUT2D eigenvalue weighted by molar-refractivity contribution is 8.17. The molecule has 0 fully saturated rings. The Morgan fingerprint density at radius 3 is 1.28 bits per heavy atom. The number of para-hydroxylation sites is 9. The fourth-order valence-electron chi connectivity index (χ4n) is 11.1. The lowest BCUT2D eigenvalue weighted by molar-refractivity contribution is 0.462. The second-order valence-corrected chi connectivity index (χ2v) is 20.5. The topological polar surface area (TPSA) is 47.6 Å². The average Bonchev–Trinajstić information content (AvgIpc) is 3.56. The van der Waals surface area contributed by atoms with E-state index in [4.69, 9.17) is 14.5 Å². The second-order valence-electron chi connectivity index (χ2n) is 18.5. The summed E-state index contributed by atoms with van der Waals surface area (Å²) in [7, 11) is -1.24. The van der Waals surface area contributed by atoms with Crippen LogP contribution in [-0.4, -0.2) is 4.98 Å². The molecule has 0 saturated carbocycles. The van der Waals surface area contributed by atoms with E-state index >= 15 is 0 Å². The van der Waals surface area contributed by atoms with Crippen molar-refractivity contribution in [3.63, 3.8) is 0 Å². The molecule has 0 radical (unpaired) electrons. The van der Waals surface area contributed by atoms with E-state index < -0.39 is 10.9 Å². The largest absolute Gasteiger partial charge is 0.457 e. The normalized spacial score (nSPS) is 14.7. The molecule has 15 rings (SSSR count). The number of hydrogen-bond acceptors (Lipinski definition) is 8. The van der Waals surface area contributed by atoms with Gasteiger partial charge in [-0.3, -0.25) is 4.90 Å². The van der Waals surface area contributed by atoms with Gasteiger partial charge in [0.25, 0.3) is 0 Å². The maximum absolute atomic E-state index is 6.87. The molecule has 0 bridgehead atoms. The first kappa shape index (κ1) is 42.0. The minimum absolute atomic E-state index is 0.508. The van der Waals surface area contributed by atoms with E-state index in [2.05, 4.69) is 225 Å². The number of aromatic nitrogens is 1. The Morgan fingerprint density at radius 1 is 0.284 bits per heavy atom. The van der Waals surface area contributed by atoms with Gasteiger partial charge in [-0.2, -0.15) is 15.9 Å². The van der Waals surface area contributed by atoms with Gasteiger partial charge in [0.1, 0.15) is 17.2 Å². The highest BCUT2D eigenvalue weighted by atomic mass is 32.2. The monoisotopic (exact) mass is 972 g/mol. The third-order valence-corrected chi connectivity index (χ3v) is 16.7. The molecule has 10 aromatic carbocycles. The van der Waals surface area contributed by atoms with Crippen molar-refractivity contribution in [2.75, 3.05) is 24.5 Å². The number of rotatable bonds is 8. The Hall–Kier alpha value is -9.70. The first-order valence-corrected chi connectivity index (χ1v) is 26.1. The zero-order valence-corrected chi connectivity index (χ0v) is 40.7. The van der Waals surface area contributed by atoms with Crippen molar-refractivity contribution in [1.29, 1.82) is 0 Å². The Labute approximate surface area is 431 Å². The fraction of sp³-hybridized carbons (Fsp3) is 0. The van der Waals surface area contributed by atoms with E-state index in [1.807, 2.05) is 60.7 Å². The van der Waals surface area contributed by atoms with Crippen molar-refractivity contribution in [1.82, 2.24) is 4.98 Å². The standard InChI is InChI=1S/C65H44N6O2S/c1-7-23-44(24-8-1)67-51-35-19-20-36-52(51)71-55-42-61-56(41-54(55)68(45-25-9-2-10-26-45)58-40-50(39-57(67)63(58)71)72-48-31-15-5-16-32-48)69(46-27-11-3-12-28-46)59-43-62(73-49-33-17-6-18-34-49)66-65-64(59)74(61)60-38-22-21-37-53(60)70(65)47-29-13-4-14-30-47/h1-43,74H. The Morgan fingerprint density at radius 2 is 0.716 bits per heavy atom. The summed E-state index contributed by atoms with van der Waals surface area (Å²) in [5.41, 5.74) is 14.6. The predicted octanol–water partition coefficient (Wildman–Crippen LogP) is 18.7. The zero-order chi connectivity index (χ0) is 48.7. The minimum Gasteiger partial charge on any atom is -0.457 e. The van der Waals surface area contributed by atoms with Crippen LogP contribution in [0.4, 0.5) is 85.4 Å². The van der Waals surface area contributed by atoms with E-state index in [1.54, 1.807) is 0 Å². The molecule has 1 aromatic heterocycles. The molecule has 0 N–H and O–H groups in total. The second kappa shape index (κ2) is 17.0. The molecule has 8 nitrogen and oxygen atoms in total. The number of nitrogens with zero attached hydrogens (tertiary/aromatic N) is 6. The van der Waals surface area contributed by atoms with Crippen LogP contribution < -0.4 is 34.0 Å². The number of fused-ring (bicyclic) bond motifs is 8. The van der Waals surface area contributed by atoms with Crippen molar-refractivity contribution in [2.24, 2.45) is 0 Å². The lowest BCUT2D eigenvalue weighted by Crippen LogP contribution is -2.31. The molecule has 4 aliphatic rings. The van der Waals surface area contributed by atoms with Crippen molar-refractivity contribution < 1.29 is 9.47 Å². The molecule has 0 spiro atoms. The van der Waals surface area contributed by atoms with Crippen LogP contribution in [0.1, 0.15) is 0 Å². The maximum Gasteiger partial charge on any atom is 0.223 e. The van der Waals surface area contributed by atoms with Crippen LogP contribution in [0.25, 0.3) is 0 Å². The Kier molecular flexibility index (Phi) is 9.64. The number of hydrogen-bond donors (Lipinski definition) is 1. The molecular formula is C65H44N6O2S. The number of anilines is 15. The van der Waals surface area contributed by atoms with Gasteiger partial charge in [-0.05, 0) is 109 Å². The van der Waals surface area contributed by atoms with Crippen LogP contribution >= 0.6 is 10.9 Å². The van der Waals surface area contributed by atoms with Crippen LogP contribution in [0.15, 0.2) is 276 Å². The van der Waals surface area contributed by atoms with Crippen LogP contribution in [0.5, 0.6) is 23.1 Å². The zero-order valence-electron chi connectivity index (χ0n) is 39.8. The van der Waals surface area contributed by atoms with Crippen LogP contribution in [0.2, 0.25) is 0 Å². The number of benzene rings is 10. The van der Waals surface area contributed by atoms with Crippen LogP contribution in [0.3, 0.4) is 0 Å². The summed E-state index contributed by atoms with van der Waals surface area (Å²) in [6.45, 7) is 0. The SMILES string of the molecule is c1ccc(Oc2cc3c4c(c2)N(c2ccccc2)c2cc5c(cc2N4c2ccccc2N3c2ccccc2)[SH]2c3ccccc3N(c3ccccc3)c3nc(Oc4ccccc4)cc(c32)N5c2ccccc2)cc1. The smallest absolute Gasteiger partial charge is 0.223 e. The molecule has 9 heteroatoms. The van der Waals surface area contributed by atoms with Gasteiger partial charge in [0.15, 0.2) is 5.82 Å². The summed E-state index contributed by atoms with van der Waals surface area (Å²) in [6.07, 6.45) is 0. The maximum atomic E-state index is 6.87. The van der Waals surface area contributed by atoms with Crippen LogP contribution in [-0.2, 0) is 0 Å². The summed E-state index contributed by atoms with van der Waals surface area (Å²) in [4.78, 5) is 21.3. The van der Waals surface area contributed by atoms with Gasteiger partial charge in [-0.15, -0.1) is 0 Å². The lowest BCUT2D eigenvalue weighted by atomic mass is 9.97. The highest BCUT2D eigenvalue weighted by Crippen LogP contribution is 2.73. The summed E-state index contributed by atoms with van der Waals surface area (Å²) in [6, 6.07) is 91.9. The van der Waals surface area contributed by atoms with Gasteiger partial charge in [0.05, 0.1) is 61.8 Å². The summed E-state index contributed by atoms with van der Waals surface area (Å²) in [5.74, 6) is 3.56. The average molecular weight is 973 g/mol. The van der Waals surface area contributed by atoms with Gasteiger partial charge < -0.3 is 29.1 Å². The third kappa shape index (κ3) is 6.60. The molecule has 352 valence electrons. The van der Waals surface area contributed by atoms with Gasteiger partial charge in [-0.1, -0.05) is 133 Å². The molecule has 4 aliphatic heterocycles. The number of pyridine rings is 1. The lowest BCUT2D eigenvalue weighted by Gasteiger charge is -2.49. The molecule has 1 atom stereocenters. The third-order valence-electron chi connectivity index (χ3n) is 14.1. The number of thiol groups is 1. The minimum atomic E-state index is -1.24. The number of ether oxygens (including phenoxy) is 2. The molecule has 0 aliphatic carbocycles. The van der Waals surface area contributed by atoms with Crippen LogP contribution in [0, 0.1) is 0 Å². The van der Waals surface area contributed by atoms with E-state index in [9.17, 15) is 0 Å². The van der Waals surface area contributed by atoms with E-state index in [0.717, 1.165) is 102 Å². The molecule has 1 unspecified atom stereocenters. The Balaban J connectivity index is 1.05. The van der Waals surface area contributed by atoms with Crippen molar-refractivity contribution in [2.45, 2.75) is 14.7 Å². The van der Waals surface area contributed by atoms with Gasteiger partial charge in [0.2, 0.25) is 5.88 Å². The summed E-state index contributed by atoms with van der Waals surface area (Å²) < 4.78 is 13.7. The van der Waals surface area contributed by atoms with E-state index in [1.165, 1.54) is 9.79 Å². The summed E-state index contributed by atoms with van der Waals surface area (Å²) >= 11 is 0. The van der Waals surface area contributed by atoms with Gasteiger partial charge in [-0.25, -0.2) is 0 Å².